The lowest BCUT2D eigenvalue weighted by Gasteiger charge is -2.14. The molecule has 1 heterocycles. The number of halogens is 4. The monoisotopic (exact) mass is 315 g/mol. The van der Waals surface area contributed by atoms with Crippen molar-refractivity contribution in [1.82, 2.24) is 4.98 Å². The van der Waals surface area contributed by atoms with E-state index in [1.807, 2.05) is 0 Å². The SMILES string of the molecule is COC(=O)c1ccc(Cl)nc1-c1ccccc1C(F)(F)F. The number of methoxy groups -OCH3 is 1. The average Bonchev–Trinajstić information content (AvgIpc) is 2.45. The van der Waals surface area contributed by atoms with Gasteiger partial charge in [0.05, 0.1) is 23.9 Å². The number of benzene rings is 1. The molecule has 0 saturated heterocycles. The molecule has 0 amide bonds. The molecule has 1 aromatic carbocycles. The van der Waals surface area contributed by atoms with Crippen LogP contribution in [0, 0.1) is 0 Å². The molecule has 21 heavy (non-hydrogen) atoms. The van der Waals surface area contributed by atoms with Gasteiger partial charge in [-0.2, -0.15) is 13.2 Å². The Bertz CT molecular complexity index is 686. The molecule has 0 aliphatic rings. The summed E-state index contributed by atoms with van der Waals surface area (Å²) in [5, 5.41) is -0.0189. The molecule has 0 fully saturated rings. The van der Waals surface area contributed by atoms with Crippen LogP contribution >= 0.6 is 11.6 Å². The van der Waals surface area contributed by atoms with E-state index in [0.717, 1.165) is 13.2 Å². The molecule has 3 nitrogen and oxygen atoms in total. The summed E-state index contributed by atoms with van der Waals surface area (Å²) >= 11 is 5.74. The number of rotatable bonds is 2. The van der Waals surface area contributed by atoms with E-state index in [2.05, 4.69) is 9.72 Å². The zero-order valence-corrected chi connectivity index (χ0v) is 11.5. The molecule has 0 N–H and O–H groups in total. The van der Waals surface area contributed by atoms with Crippen LogP contribution in [0.4, 0.5) is 13.2 Å². The fourth-order valence-corrected chi connectivity index (χ4v) is 2.00. The third-order valence-electron chi connectivity index (χ3n) is 2.75. The fraction of sp³-hybridized carbons (Fsp3) is 0.143. The van der Waals surface area contributed by atoms with E-state index in [4.69, 9.17) is 11.6 Å². The molecule has 7 heteroatoms. The van der Waals surface area contributed by atoms with Crippen LogP contribution in [0.15, 0.2) is 36.4 Å². The topological polar surface area (TPSA) is 39.2 Å². The summed E-state index contributed by atoms with van der Waals surface area (Å²) in [6.45, 7) is 0. The van der Waals surface area contributed by atoms with Gasteiger partial charge in [-0.05, 0) is 18.2 Å². The summed E-state index contributed by atoms with van der Waals surface area (Å²) in [6, 6.07) is 7.42. The number of carbonyl (C=O) groups is 1. The number of alkyl halides is 3. The minimum Gasteiger partial charge on any atom is -0.465 e. The van der Waals surface area contributed by atoms with E-state index in [1.165, 1.54) is 30.3 Å². The molecule has 0 aliphatic carbocycles. The predicted octanol–water partition coefficient (Wildman–Crippen LogP) is 4.21. The smallest absolute Gasteiger partial charge is 0.417 e. The second kappa shape index (κ2) is 5.73. The molecule has 0 atom stereocenters. The van der Waals surface area contributed by atoms with Crippen LogP contribution in [0.25, 0.3) is 11.3 Å². The van der Waals surface area contributed by atoms with Gasteiger partial charge in [-0.1, -0.05) is 29.8 Å². The van der Waals surface area contributed by atoms with Gasteiger partial charge in [0.25, 0.3) is 0 Å². The number of esters is 1. The Labute approximate surface area is 123 Å². The normalized spacial score (nSPS) is 11.3. The Balaban J connectivity index is 2.73. The summed E-state index contributed by atoms with van der Waals surface area (Å²) in [4.78, 5) is 15.5. The average molecular weight is 316 g/mol. The van der Waals surface area contributed by atoms with Crippen LogP contribution in [-0.4, -0.2) is 18.1 Å². The third-order valence-corrected chi connectivity index (χ3v) is 2.96. The Morgan fingerprint density at radius 1 is 1.19 bits per heavy atom. The first-order valence-electron chi connectivity index (χ1n) is 5.76. The van der Waals surface area contributed by atoms with Crippen LogP contribution in [-0.2, 0) is 10.9 Å². The van der Waals surface area contributed by atoms with Crippen molar-refractivity contribution in [3.8, 4) is 11.3 Å². The molecular weight excluding hydrogens is 307 g/mol. The molecule has 0 spiro atoms. The first-order valence-corrected chi connectivity index (χ1v) is 6.14. The number of ether oxygens (including phenoxy) is 1. The number of carbonyl (C=O) groups excluding carboxylic acids is 1. The molecule has 2 aromatic rings. The highest BCUT2D eigenvalue weighted by Gasteiger charge is 2.34. The standard InChI is InChI=1S/C14H9ClF3NO2/c1-21-13(20)9-6-7-11(15)19-12(9)8-4-2-3-5-10(8)14(16,17)18/h2-7H,1H3. The molecule has 0 radical (unpaired) electrons. The second-order valence-electron chi connectivity index (χ2n) is 4.07. The van der Waals surface area contributed by atoms with Gasteiger partial charge in [0, 0.05) is 5.56 Å². The van der Waals surface area contributed by atoms with Gasteiger partial charge in [0.15, 0.2) is 0 Å². The highest BCUT2D eigenvalue weighted by atomic mass is 35.5. The van der Waals surface area contributed by atoms with Gasteiger partial charge in [0.2, 0.25) is 0 Å². The van der Waals surface area contributed by atoms with Crippen molar-refractivity contribution in [3.05, 3.63) is 52.7 Å². The summed E-state index contributed by atoms with van der Waals surface area (Å²) in [5.41, 5.74) is -1.38. The lowest BCUT2D eigenvalue weighted by molar-refractivity contribution is -0.137. The summed E-state index contributed by atoms with van der Waals surface area (Å²) < 4.78 is 43.8. The minimum absolute atomic E-state index is 0.0189. The molecule has 0 aliphatic heterocycles. The van der Waals surface area contributed by atoms with Crippen molar-refractivity contribution in [2.24, 2.45) is 0 Å². The van der Waals surface area contributed by atoms with Crippen LogP contribution in [0.5, 0.6) is 0 Å². The van der Waals surface area contributed by atoms with Gasteiger partial charge >= 0.3 is 12.1 Å². The van der Waals surface area contributed by atoms with Crippen LogP contribution in [0.1, 0.15) is 15.9 Å². The lowest BCUT2D eigenvalue weighted by Crippen LogP contribution is -2.10. The van der Waals surface area contributed by atoms with Crippen LogP contribution in [0.3, 0.4) is 0 Å². The van der Waals surface area contributed by atoms with E-state index in [9.17, 15) is 18.0 Å². The maximum Gasteiger partial charge on any atom is 0.417 e. The number of hydrogen-bond acceptors (Lipinski definition) is 3. The number of pyridine rings is 1. The minimum atomic E-state index is -4.58. The van der Waals surface area contributed by atoms with Gasteiger partial charge in [-0.25, -0.2) is 9.78 Å². The Hall–Kier alpha value is -2.08. The zero-order chi connectivity index (χ0) is 15.6. The van der Waals surface area contributed by atoms with Gasteiger partial charge in [-0.3, -0.25) is 0 Å². The molecule has 1 aromatic heterocycles. The molecular formula is C14H9ClF3NO2. The first-order chi connectivity index (χ1) is 9.84. The third kappa shape index (κ3) is 3.16. The van der Waals surface area contributed by atoms with E-state index in [-0.39, 0.29) is 22.0 Å². The highest BCUT2D eigenvalue weighted by Crippen LogP contribution is 2.37. The van der Waals surface area contributed by atoms with E-state index < -0.39 is 17.7 Å². The Morgan fingerprint density at radius 3 is 2.48 bits per heavy atom. The number of hydrogen-bond donors (Lipinski definition) is 0. The zero-order valence-electron chi connectivity index (χ0n) is 10.7. The fourth-order valence-electron chi connectivity index (χ4n) is 1.85. The largest absolute Gasteiger partial charge is 0.465 e. The number of aromatic nitrogens is 1. The first kappa shape index (κ1) is 15.3. The van der Waals surface area contributed by atoms with E-state index in [0.29, 0.717) is 0 Å². The van der Waals surface area contributed by atoms with E-state index in [1.54, 1.807) is 0 Å². The molecule has 0 unspecified atom stereocenters. The van der Waals surface area contributed by atoms with Gasteiger partial charge in [-0.15, -0.1) is 0 Å². The summed E-state index contributed by atoms with van der Waals surface area (Å²) in [5.74, 6) is -0.786. The lowest BCUT2D eigenvalue weighted by atomic mass is 10.00. The van der Waals surface area contributed by atoms with Gasteiger partial charge in [0.1, 0.15) is 5.15 Å². The van der Waals surface area contributed by atoms with Crippen molar-refractivity contribution < 1.29 is 22.7 Å². The predicted molar refractivity (Wildman–Crippen MR) is 71.0 cm³/mol. The quantitative estimate of drug-likeness (QED) is 0.615. The van der Waals surface area contributed by atoms with Crippen LogP contribution < -0.4 is 0 Å². The Kier molecular flexibility index (Phi) is 4.18. The molecule has 0 bridgehead atoms. The van der Waals surface area contributed by atoms with Crippen molar-refractivity contribution in [3.63, 3.8) is 0 Å². The van der Waals surface area contributed by atoms with Crippen molar-refractivity contribution >= 4 is 17.6 Å². The molecule has 110 valence electrons. The maximum atomic E-state index is 13.1. The van der Waals surface area contributed by atoms with Gasteiger partial charge < -0.3 is 4.74 Å². The van der Waals surface area contributed by atoms with Crippen molar-refractivity contribution in [2.45, 2.75) is 6.18 Å². The second-order valence-corrected chi connectivity index (χ2v) is 4.45. The highest BCUT2D eigenvalue weighted by molar-refractivity contribution is 6.29. The number of nitrogens with zero attached hydrogens (tertiary/aromatic N) is 1. The van der Waals surface area contributed by atoms with Crippen molar-refractivity contribution in [1.29, 1.82) is 0 Å². The summed E-state index contributed by atoms with van der Waals surface area (Å²) in [6.07, 6.45) is -4.58. The maximum absolute atomic E-state index is 13.1. The van der Waals surface area contributed by atoms with Crippen molar-refractivity contribution in [2.75, 3.05) is 7.11 Å². The Morgan fingerprint density at radius 2 is 1.86 bits per heavy atom. The van der Waals surface area contributed by atoms with Crippen LogP contribution in [0.2, 0.25) is 5.15 Å². The molecule has 0 saturated carbocycles. The summed E-state index contributed by atoms with van der Waals surface area (Å²) in [7, 11) is 1.14. The molecule has 2 rings (SSSR count). The van der Waals surface area contributed by atoms with E-state index >= 15 is 0 Å².